The average Bonchev–Trinajstić information content (AvgIpc) is 2.28. The van der Waals surface area contributed by atoms with E-state index < -0.39 is 0 Å². The van der Waals surface area contributed by atoms with Crippen LogP contribution in [0.2, 0.25) is 0 Å². The highest BCUT2D eigenvalue weighted by molar-refractivity contribution is 9.11. The van der Waals surface area contributed by atoms with Gasteiger partial charge in [0.05, 0.1) is 11.7 Å². The van der Waals surface area contributed by atoms with Crippen LogP contribution in [-0.4, -0.2) is 4.98 Å². The number of aryl methyl sites for hydroxylation is 1. The Morgan fingerprint density at radius 2 is 2.06 bits per heavy atom. The van der Waals surface area contributed by atoms with E-state index in [1.807, 2.05) is 6.07 Å². The molecule has 0 aliphatic carbocycles. The van der Waals surface area contributed by atoms with Gasteiger partial charge in [-0.1, -0.05) is 29.8 Å². The summed E-state index contributed by atoms with van der Waals surface area (Å²) in [5.74, 6) is 0. The van der Waals surface area contributed by atoms with Crippen LogP contribution in [0.25, 0.3) is 0 Å². The molecular formula is C14H14Br2N2. The lowest BCUT2D eigenvalue weighted by atomic mass is 10.0. The van der Waals surface area contributed by atoms with Crippen molar-refractivity contribution < 1.29 is 0 Å². The monoisotopic (exact) mass is 368 g/mol. The van der Waals surface area contributed by atoms with Gasteiger partial charge in [-0.2, -0.15) is 0 Å². The minimum Gasteiger partial charge on any atom is -0.322 e. The van der Waals surface area contributed by atoms with Crippen LogP contribution in [0.3, 0.4) is 0 Å². The van der Waals surface area contributed by atoms with Gasteiger partial charge in [0.15, 0.2) is 0 Å². The van der Waals surface area contributed by atoms with Crippen LogP contribution in [0, 0.1) is 6.92 Å². The van der Waals surface area contributed by atoms with E-state index in [-0.39, 0.29) is 6.04 Å². The predicted molar refractivity (Wildman–Crippen MR) is 81.4 cm³/mol. The number of hydrogen-bond donors (Lipinski definition) is 1. The number of halogens is 2. The number of hydrogen-bond acceptors (Lipinski definition) is 2. The fraction of sp³-hybridized carbons (Fsp3) is 0.214. The second-order valence-electron chi connectivity index (χ2n) is 4.32. The highest BCUT2D eigenvalue weighted by atomic mass is 79.9. The molecule has 0 amide bonds. The molecule has 0 fully saturated rings. The smallest absolute Gasteiger partial charge is 0.0716 e. The molecule has 0 aliphatic rings. The van der Waals surface area contributed by atoms with Crippen LogP contribution in [0.5, 0.6) is 0 Å². The molecule has 0 aliphatic heterocycles. The summed E-state index contributed by atoms with van der Waals surface area (Å²) in [7, 11) is 0. The van der Waals surface area contributed by atoms with Crippen LogP contribution in [0.1, 0.15) is 22.9 Å². The van der Waals surface area contributed by atoms with Crippen molar-refractivity contribution in [3.63, 3.8) is 0 Å². The fourth-order valence-electron chi connectivity index (χ4n) is 1.89. The number of nitrogens with two attached hydrogens (primary N) is 1. The van der Waals surface area contributed by atoms with Gasteiger partial charge in [0, 0.05) is 15.1 Å². The van der Waals surface area contributed by atoms with E-state index in [0.29, 0.717) is 0 Å². The van der Waals surface area contributed by atoms with Crippen molar-refractivity contribution in [3.05, 3.63) is 62.3 Å². The molecule has 0 bridgehead atoms. The third kappa shape index (κ3) is 3.40. The Morgan fingerprint density at radius 1 is 1.28 bits per heavy atom. The highest BCUT2D eigenvalue weighted by Crippen LogP contribution is 2.25. The normalized spacial score (nSPS) is 12.4. The number of pyridine rings is 1. The molecule has 4 heteroatoms. The molecule has 2 nitrogen and oxygen atoms in total. The van der Waals surface area contributed by atoms with Gasteiger partial charge in [-0.3, -0.25) is 4.98 Å². The zero-order chi connectivity index (χ0) is 13.1. The first-order valence-corrected chi connectivity index (χ1v) is 7.27. The van der Waals surface area contributed by atoms with Crippen molar-refractivity contribution >= 4 is 31.9 Å². The van der Waals surface area contributed by atoms with Gasteiger partial charge in [-0.15, -0.1) is 0 Å². The lowest BCUT2D eigenvalue weighted by molar-refractivity contribution is 0.691. The summed E-state index contributed by atoms with van der Waals surface area (Å²) in [6.45, 7) is 2.09. The molecule has 1 aromatic carbocycles. The van der Waals surface area contributed by atoms with Gasteiger partial charge in [-0.25, -0.2) is 0 Å². The van der Waals surface area contributed by atoms with Gasteiger partial charge in [-0.05, 0) is 56.8 Å². The molecule has 0 spiro atoms. The zero-order valence-electron chi connectivity index (χ0n) is 10.0. The first-order chi connectivity index (χ1) is 8.56. The van der Waals surface area contributed by atoms with E-state index in [1.165, 1.54) is 11.1 Å². The molecular weight excluding hydrogens is 356 g/mol. The summed E-state index contributed by atoms with van der Waals surface area (Å²) in [5, 5.41) is 0. The first kappa shape index (κ1) is 13.7. The number of rotatable bonds is 3. The van der Waals surface area contributed by atoms with E-state index in [2.05, 4.69) is 68.0 Å². The average molecular weight is 370 g/mol. The molecule has 1 atom stereocenters. The Bertz CT molecular complexity index is 555. The topological polar surface area (TPSA) is 38.9 Å². The van der Waals surface area contributed by atoms with Gasteiger partial charge >= 0.3 is 0 Å². The molecule has 0 radical (unpaired) electrons. The summed E-state index contributed by atoms with van der Waals surface area (Å²) in [6.07, 6.45) is 2.56. The Balaban J connectivity index is 2.19. The van der Waals surface area contributed by atoms with Crippen molar-refractivity contribution in [2.75, 3.05) is 0 Å². The van der Waals surface area contributed by atoms with Gasteiger partial charge in [0.1, 0.15) is 0 Å². The summed E-state index contributed by atoms with van der Waals surface area (Å²) >= 11 is 6.89. The third-order valence-electron chi connectivity index (χ3n) is 2.73. The summed E-state index contributed by atoms with van der Waals surface area (Å²) in [6, 6.07) is 10.3. The molecule has 1 heterocycles. The number of nitrogens with zero attached hydrogens (tertiary/aromatic N) is 1. The molecule has 2 rings (SSSR count). The molecule has 2 aromatic rings. The quantitative estimate of drug-likeness (QED) is 0.882. The maximum Gasteiger partial charge on any atom is 0.0716 e. The van der Waals surface area contributed by atoms with Crippen molar-refractivity contribution in [2.45, 2.75) is 19.4 Å². The van der Waals surface area contributed by atoms with Gasteiger partial charge in [0.25, 0.3) is 0 Å². The Hall–Kier alpha value is -0.710. The molecule has 2 N–H and O–H groups in total. The van der Waals surface area contributed by atoms with E-state index in [9.17, 15) is 0 Å². The van der Waals surface area contributed by atoms with E-state index in [0.717, 1.165) is 21.1 Å². The molecule has 94 valence electrons. The van der Waals surface area contributed by atoms with Crippen molar-refractivity contribution in [3.8, 4) is 0 Å². The standard InChI is InChI=1S/C14H14Br2N2/c1-9-3-2-4-10(5-9)6-13(17)14-12(16)7-11(15)8-18-14/h2-5,7-8,13H,6,17H2,1H3. The molecule has 18 heavy (non-hydrogen) atoms. The van der Waals surface area contributed by atoms with E-state index in [1.54, 1.807) is 6.20 Å². The Labute approximate surface area is 124 Å². The van der Waals surface area contributed by atoms with Gasteiger partial charge < -0.3 is 5.73 Å². The zero-order valence-corrected chi connectivity index (χ0v) is 13.2. The lowest BCUT2D eigenvalue weighted by Gasteiger charge is -2.13. The minimum atomic E-state index is -0.103. The molecule has 1 aromatic heterocycles. The van der Waals surface area contributed by atoms with Crippen LogP contribution in [0.4, 0.5) is 0 Å². The van der Waals surface area contributed by atoms with Crippen molar-refractivity contribution in [2.24, 2.45) is 5.73 Å². The minimum absolute atomic E-state index is 0.103. The van der Waals surface area contributed by atoms with E-state index >= 15 is 0 Å². The van der Waals surface area contributed by atoms with Crippen LogP contribution in [-0.2, 0) is 6.42 Å². The SMILES string of the molecule is Cc1cccc(CC(N)c2ncc(Br)cc2Br)c1. The van der Waals surface area contributed by atoms with Crippen molar-refractivity contribution in [1.82, 2.24) is 4.98 Å². The van der Waals surface area contributed by atoms with Crippen molar-refractivity contribution in [1.29, 1.82) is 0 Å². The summed E-state index contributed by atoms with van der Waals surface area (Å²) < 4.78 is 1.89. The molecule has 0 saturated carbocycles. The van der Waals surface area contributed by atoms with Crippen LogP contribution in [0.15, 0.2) is 45.5 Å². The van der Waals surface area contributed by atoms with E-state index in [4.69, 9.17) is 5.73 Å². The third-order valence-corrected chi connectivity index (χ3v) is 3.79. The first-order valence-electron chi connectivity index (χ1n) is 5.68. The maximum absolute atomic E-state index is 6.22. The number of aromatic nitrogens is 1. The van der Waals surface area contributed by atoms with Gasteiger partial charge in [0.2, 0.25) is 0 Å². The largest absolute Gasteiger partial charge is 0.322 e. The predicted octanol–water partition coefficient (Wildman–Crippen LogP) is 4.16. The highest BCUT2D eigenvalue weighted by Gasteiger charge is 2.12. The second-order valence-corrected chi connectivity index (χ2v) is 6.09. The lowest BCUT2D eigenvalue weighted by Crippen LogP contribution is -2.15. The second kappa shape index (κ2) is 5.95. The summed E-state index contributed by atoms with van der Waals surface area (Å²) in [4.78, 5) is 4.38. The Kier molecular flexibility index (Phi) is 4.54. The Morgan fingerprint density at radius 3 is 2.72 bits per heavy atom. The summed E-state index contributed by atoms with van der Waals surface area (Å²) in [5.41, 5.74) is 9.60. The maximum atomic E-state index is 6.22. The fourth-order valence-corrected chi connectivity index (χ4v) is 3.17. The number of benzene rings is 1. The van der Waals surface area contributed by atoms with Crippen LogP contribution < -0.4 is 5.73 Å². The van der Waals surface area contributed by atoms with Crippen LogP contribution >= 0.6 is 31.9 Å². The molecule has 0 saturated heterocycles. The molecule has 1 unspecified atom stereocenters.